The lowest BCUT2D eigenvalue weighted by atomic mass is 9.90. The second-order valence-electron chi connectivity index (χ2n) is 4.38. The second-order valence-corrected chi connectivity index (χ2v) is 4.38. The predicted molar refractivity (Wildman–Crippen MR) is 62.1 cm³/mol. The maximum Gasteiger partial charge on any atom is 0.143 e. The summed E-state index contributed by atoms with van der Waals surface area (Å²) < 4.78 is 0. The van der Waals surface area contributed by atoms with Crippen LogP contribution in [0.25, 0.3) is 0 Å². The van der Waals surface area contributed by atoms with Gasteiger partial charge in [0, 0.05) is 12.8 Å². The van der Waals surface area contributed by atoms with Crippen LogP contribution >= 0.6 is 0 Å². The average Bonchev–Trinajstić information content (AvgIpc) is 2.46. The number of carbonyl (C=O) groups is 2. The number of carbonyl (C=O) groups excluding carboxylic acids is 2. The Morgan fingerprint density at radius 1 is 0.938 bits per heavy atom. The van der Waals surface area contributed by atoms with Crippen molar-refractivity contribution >= 4 is 11.6 Å². The monoisotopic (exact) mass is 216 g/mol. The highest BCUT2D eigenvalue weighted by Crippen LogP contribution is 2.20. The van der Waals surface area contributed by atoms with Gasteiger partial charge in [-0.05, 0) is 24.8 Å². The minimum atomic E-state index is -0.384. The van der Waals surface area contributed by atoms with Crippen molar-refractivity contribution in [1.82, 2.24) is 0 Å². The van der Waals surface area contributed by atoms with E-state index in [1.165, 1.54) is 0 Å². The quantitative estimate of drug-likeness (QED) is 0.562. The molecule has 1 saturated carbocycles. The Bertz CT molecular complexity index is 363. The third kappa shape index (κ3) is 2.57. The topological polar surface area (TPSA) is 34.1 Å². The van der Waals surface area contributed by atoms with Gasteiger partial charge in [-0.15, -0.1) is 0 Å². The van der Waals surface area contributed by atoms with Crippen LogP contribution < -0.4 is 0 Å². The standard InChI is InChI=1S/C14H16O2/c15-13-8-4-5-9-14(16)12(13)10-11-6-2-1-3-7-11/h1-3,6-7,12H,4-5,8-10H2. The third-order valence-electron chi connectivity index (χ3n) is 3.16. The van der Waals surface area contributed by atoms with E-state index in [9.17, 15) is 9.59 Å². The van der Waals surface area contributed by atoms with Crippen molar-refractivity contribution in [3.8, 4) is 0 Å². The fraction of sp³-hybridized carbons (Fsp3) is 0.429. The van der Waals surface area contributed by atoms with Crippen LogP contribution in [0.15, 0.2) is 30.3 Å². The summed E-state index contributed by atoms with van der Waals surface area (Å²) in [6.07, 6.45) is 3.47. The summed E-state index contributed by atoms with van der Waals surface area (Å²) in [5.74, 6) is -0.123. The Kier molecular flexibility index (Phi) is 3.50. The first-order chi connectivity index (χ1) is 7.77. The van der Waals surface area contributed by atoms with Gasteiger partial charge in [-0.1, -0.05) is 30.3 Å². The van der Waals surface area contributed by atoms with E-state index in [2.05, 4.69) is 0 Å². The first kappa shape index (κ1) is 11.1. The van der Waals surface area contributed by atoms with Crippen molar-refractivity contribution < 1.29 is 9.59 Å². The molecule has 2 rings (SSSR count). The Morgan fingerprint density at radius 2 is 1.50 bits per heavy atom. The highest BCUT2D eigenvalue weighted by molar-refractivity contribution is 6.03. The molecule has 0 aliphatic heterocycles. The lowest BCUT2D eigenvalue weighted by Crippen LogP contribution is -2.24. The molecule has 0 aromatic heterocycles. The molecule has 1 aromatic rings. The van der Waals surface area contributed by atoms with Crippen LogP contribution in [0.2, 0.25) is 0 Å². The first-order valence-corrected chi connectivity index (χ1v) is 5.87. The third-order valence-corrected chi connectivity index (χ3v) is 3.16. The van der Waals surface area contributed by atoms with Crippen LogP contribution in [0.1, 0.15) is 31.2 Å². The van der Waals surface area contributed by atoms with Gasteiger partial charge in [0.25, 0.3) is 0 Å². The number of rotatable bonds is 2. The fourth-order valence-corrected chi connectivity index (χ4v) is 2.20. The van der Waals surface area contributed by atoms with Gasteiger partial charge in [0.05, 0.1) is 5.92 Å². The smallest absolute Gasteiger partial charge is 0.143 e. The van der Waals surface area contributed by atoms with Crippen molar-refractivity contribution in [1.29, 1.82) is 0 Å². The molecule has 0 atom stereocenters. The van der Waals surface area contributed by atoms with Gasteiger partial charge in [0.15, 0.2) is 0 Å². The van der Waals surface area contributed by atoms with Gasteiger partial charge in [0.1, 0.15) is 11.6 Å². The molecule has 2 heteroatoms. The van der Waals surface area contributed by atoms with Crippen molar-refractivity contribution in [2.75, 3.05) is 0 Å². The number of hydrogen-bond acceptors (Lipinski definition) is 2. The largest absolute Gasteiger partial charge is 0.299 e. The molecule has 0 amide bonds. The minimum absolute atomic E-state index is 0.131. The van der Waals surface area contributed by atoms with E-state index in [1.54, 1.807) is 0 Å². The first-order valence-electron chi connectivity index (χ1n) is 5.87. The van der Waals surface area contributed by atoms with Crippen LogP contribution in [0, 0.1) is 5.92 Å². The normalized spacial score (nSPS) is 18.5. The lowest BCUT2D eigenvalue weighted by Gasteiger charge is -2.11. The molecule has 0 heterocycles. The van der Waals surface area contributed by atoms with Crippen LogP contribution in [0.5, 0.6) is 0 Å². The summed E-state index contributed by atoms with van der Waals surface area (Å²) in [6.45, 7) is 0. The van der Waals surface area contributed by atoms with Gasteiger partial charge in [-0.2, -0.15) is 0 Å². The summed E-state index contributed by atoms with van der Waals surface area (Å²) in [5, 5.41) is 0. The van der Waals surface area contributed by atoms with Crippen LogP contribution in [-0.4, -0.2) is 11.6 Å². The average molecular weight is 216 g/mol. The molecular formula is C14H16O2. The molecule has 0 N–H and O–H groups in total. The number of Topliss-reactive ketones (excluding diaryl/α,β-unsaturated/α-hetero) is 2. The van der Waals surface area contributed by atoms with Crippen molar-refractivity contribution in [3.05, 3.63) is 35.9 Å². The SMILES string of the molecule is O=C1CCCCC(=O)C1Cc1ccccc1. The summed E-state index contributed by atoms with van der Waals surface area (Å²) in [4.78, 5) is 23.6. The maximum atomic E-state index is 11.8. The van der Waals surface area contributed by atoms with Crippen molar-refractivity contribution in [3.63, 3.8) is 0 Å². The summed E-state index contributed by atoms with van der Waals surface area (Å²) in [6, 6.07) is 9.79. The summed E-state index contributed by atoms with van der Waals surface area (Å²) in [7, 11) is 0. The molecule has 0 saturated heterocycles. The van der Waals surface area contributed by atoms with Crippen molar-refractivity contribution in [2.45, 2.75) is 32.1 Å². The van der Waals surface area contributed by atoms with E-state index in [1.807, 2.05) is 30.3 Å². The fourth-order valence-electron chi connectivity index (χ4n) is 2.20. The molecular weight excluding hydrogens is 200 g/mol. The zero-order chi connectivity index (χ0) is 11.4. The van der Waals surface area contributed by atoms with Gasteiger partial charge in [0.2, 0.25) is 0 Å². The molecule has 1 aromatic carbocycles. The molecule has 0 radical (unpaired) electrons. The number of ketones is 2. The molecule has 1 aliphatic rings. The maximum absolute atomic E-state index is 11.8. The second kappa shape index (κ2) is 5.06. The van der Waals surface area contributed by atoms with E-state index in [4.69, 9.17) is 0 Å². The Morgan fingerprint density at radius 3 is 2.06 bits per heavy atom. The van der Waals surface area contributed by atoms with Gasteiger partial charge < -0.3 is 0 Å². The molecule has 1 fully saturated rings. The molecule has 0 spiro atoms. The predicted octanol–water partition coefficient (Wildman–Crippen LogP) is 2.56. The van der Waals surface area contributed by atoms with Gasteiger partial charge >= 0.3 is 0 Å². The summed E-state index contributed by atoms with van der Waals surface area (Å²) >= 11 is 0. The zero-order valence-electron chi connectivity index (χ0n) is 9.32. The molecule has 84 valence electrons. The van der Waals surface area contributed by atoms with E-state index in [0.717, 1.165) is 18.4 Å². The lowest BCUT2D eigenvalue weighted by molar-refractivity contribution is -0.131. The molecule has 0 unspecified atom stereocenters. The summed E-state index contributed by atoms with van der Waals surface area (Å²) in [5.41, 5.74) is 1.08. The van der Waals surface area contributed by atoms with E-state index < -0.39 is 0 Å². The molecule has 2 nitrogen and oxygen atoms in total. The molecule has 16 heavy (non-hydrogen) atoms. The number of hydrogen-bond donors (Lipinski definition) is 0. The van der Waals surface area contributed by atoms with Crippen molar-refractivity contribution in [2.24, 2.45) is 5.92 Å². The van der Waals surface area contributed by atoms with Gasteiger partial charge in [-0.3, -0.25) is 9.59 Å². The minimum Gasteiger partial charge on any atom is -0.299 e. The number of benzene rings is 1. The van der Waals surface area contributed by atoms with E-state index in [-0.39, 0.29) is 17.5 Å². The highest BCUT2D eigenvalue weighted by atomic mass is 16.1. The van der Waals surface area contributed by atoms with Crippen LogP contribution in [0.3, 0.4) is 0 Å². The van der Waals surface area contributed by atoms with E-state index in [0.29, 0.717) is 19.3 Å². The Labute approximate surface area is 95.7 Å². The van der Waals surface area contributed by atoms with Gasteiger partial charge in [-0.25, -0.2) is 0 Å². The Balaban J connectivity index is 2.12. The van der Waals surface area contributed by atoms with Crippen LogP contribution in [-0.2, 0) is 16.0 Å². The Hall–Kier alpha value is -1.44. The highest BCUT2D eigenvalue weighted by Gasteiger charge is 2.27. The zero-order valence-corrected chi connectivity index (χ0v) is 9.32. The molecule has 0 bridgehead atoms. The van der Waals surface area contributed by atoms with Crippen LogP contribution in [0.4, 0.5) is 0 Å². The molecule has 1 aliphatic carbocycles. The van der Waals surface area contributed by atoms with E-state index >= 15 is 0 Å².